The highest BCUT2D eigenvalue weighted by Crippen LogP contribution is 2.24. The Labute approximate surface area is 183 Å². The van der Waals surface area contributed by atoms with Crippen LogP contribution < -0.4 is 5.56 Å². The third kappa shape index (κ3) is 4.16. The Morgan fingerprint density at radius 2 is 1.74 bits per heavy atom. The van der Waals surface area contributed by atoms with Crippen molar-refractivity contribution in [3.63, 3.8) is 0 Å². The highest BCUT2D eigenvalue weighted by molar-refractivity contribution is 5.87. The zero-order valence-corrected chi connectivity index (χ0v) is 19.0. The molecule has 0 spiro atoms. The number of rotatable bonds is 5. The number of benzene rings is 1. The molecule has 0 bridgehead atoms. The molecule has 2 aromatic heterocycles. The first kappa shape index (κ1) is 21.3. The van der Waals surface area contributed by atoms with E-state index in [9.17, 15) is 9.59 Å². The maximum absolute atomic E-state index is 13.2. The normalized spacial score (nSPS) is 19.2. The van der Waals surface area contributed by atoms with Gasteiger partial charge in [-0.3, -0.25) is 9.59 Å². The van der Waals surface area contributed by atoms with Gasteiger partial charge in [-0.15, -0.1) is 0 Å². The Morgan fingerprint density at radius 1 is 1.06 bits per heavy atom. The Balaban J connectivity index is 1.53. The summed E-state index contributed by atoms with van der Waals surface area (Å²) in [5, 5.41) is 6.00. The van der Waals surface area contributed by atoms with Gasteiger partial charge in [0.2, 0.25) is 5.91 Å². The van der Waals surface area contributed by atoms with Crippen molar-refractivity contribution < 1.29 is 4.79 Å². The molecule has 0 saturated carbocycles. The second kappa shape index (κ2) is 8.69. The van der Waals surface area contributed by atoms with Crippen molar-refractivity contribution in [2.45, 2.75) is 53.5 Å². The molecule has 2 unspecified atom stereocenters. The maximum Gasteiger partial charge on any atom is 0.281 e. The molecule has 0 N–H and O–H groups in total. The Morgan fingerprint density at radius 3 is 2.42 bits per heavy atom. The van der Waals surface area contributed by atoms with Crippen LogP contribution in [0.25, 0.3) is 16.5 Å². The quantitative estimate of drug-likeness (QED) is 0.625. The van der Waals surface area contributed by atoms with Gasteiger partial charge in [-0.2, -0.15) is 9.78 Å². The standard InChI is InChI=1S/C25H32N4O2/c1-17-13-18(2)16-27(15-17)23(30)11-8-12-28-19(3)22-14-26-29(21-9-6-5-7-10-21)25(31)24(22)20(28)4/h5-7,9-10,14,17-18H,8,11-13,15-16H2,1-4H3. The van der Waals surface area contributed by atoms with Crippen LogP contribution in [-0.4, -0.2) is 38.2 Å². The molecule has 1 aliphatic rings. The number of likely N-dealkylation sites (tertiary alicyclic amines) is 1. The SMILES string of the molecule is Cc1c2cnn(-c3ccccc3)c(=O)c2c(C)n1CCCC(=O)N1CC(C)CC(C)C1. The van der Waals surface area contributed by atoms with E-state index < -0.39 is 0 Å². The van der Waals surface area contributed by atoms with Crippen molar-refractivity contribution in [1.82, 2.24) is 19.2 Å². The smallest absolute Gasteiger partial charge is 0.281 e. The summed E-state index contributed by atoms with van der Waals surface area (Å²) in [5.74, 6) is 1.40. The van der Waals surface area contributed by atoms with Gasteiger partial charge in [0, 0.05) is 42.8 Å². The summed E-state index contributed by atoms with van der Waals surface area (Å²) in [7, 11) is 0. The van der Waals surface area contributed by atoms with E-state index in [2.05, 4.69) is 23.5 Å². The number of para-hydroxylation sites is 1. The highest BCUT2D eigenvalue weighted by atomic mass is 16.2. The molecule has 1 amide bonds. The molecule has 4 rings (SSSR count). The minimum absolute atomic E-state index is 0.101. The molecule has 6 heteroatoms. The molecule has 31 heavy (non-hydrogen) atoms. The average Bonchev–Trinajstić information content (AvgIpc) is 2.99. The summed E-state index contributed by atoms with van der Waals surface area (Å²) < 4.78 is 3.62. The van der Waals surface area contributed by atoms with Crippen molar-refractivity contribution in [2.75, 3.05) is 13.1 Å². The predicted molar refractivity (Wildman–Crippen MR) is 124 cm³/mol. The van der Waals surface area contributed by atoms with Crippen LogP contribution in [0.3, 0.4) is 0 Å². The molecule has 164 valence electrons. The van der Waals surface area contributed by atoms with Crippen LogP contribution in [-0.2, 0) is 11.3 Å². The molecule has 2 atom stereocenters. The fraction of sp³-hybridized carbons (Fsp3) is 0.480. The molecule has 1 aromatic carbocycles. The number of aryl methyl sites for hydroxylation is 2. The van der Waals surface area contributed by atoms with Gasteiger partial charge in [-0.05, 0) is 50.7 Å². The summed E-state index contributed by atoms with van der Waals surface area (Å²) in [4.78, 5) is 28.0. The van der Waals surface area contributed by atoms with Gasteiger partial charge in [0.1, 0.15) is 0 Å². The second-order valence-corrected chi connectivity index (χ2v) is 9.16. The number of piperidine rings is 1. The lowest BCUT2D eigenvalue weighted by Crippen LogP contribution is -2.42. The number of carbonyl (C=O) groups is 1. The summed E-state index contributed by atoms with van der Waals surface area (Å²) in [6.07, 6.45) is 4.29. The minimum atomic E-state index is -0.101. The van der Waals surface area contributed by atoms with E-state index in [1.54, 1.807) is 6.20 Å². The zero-order chi connectivity index (χ0) is 22.1. The van der Waals surface area contributed by atoms with E-state index in [4.69, 9.17) is 0 Å². The Hall–Kier alpha value is -2.89. The van der Waals surface area contributed by atoms with Gasteiger partial charge >= 0.3 is 0 Å². The molecule has 0 aliphatic carbocycles. The van der Waals surface area contributed by atoms with E-state index in [1.165, 1.54) is 11.1 Å². The summed E-state index contributed by atoms with van der Waals surface area (Å²) >= 11 is 0. The number of aromatic nitrogens is 3. The number of nitrogens with zero attached hydrogens (tertiary/aromatic N) is 4. The maximum atomic E-state index is 13.2. The van der Waals surface area contributed by atoms with Crippen molar-refractivity contribution in [2.24, 2.45) is 11.8 Å². The number of fused-ring (bicyclic) bond motifs is 1. The van der Waals surface area contributed by atoms with Gasteiger partial charge in [-0.1, -0.05) is 32.0 Å². The third-order valence-electron chi connectivity index (χ3n) is 6.53. The lowest BCUT2D eigenvalue weighted by atomic mass is 9.91. The molecule has 6 nitrogen and oxygen atoms in total. The fourth-order valence-corrected chi connectivity index (χ4v) is 5.11. The summed E-state index contributed by atoms with van der Waals surface area (Å²) in [5.41, 5.74) is 2.63. The highest BCUT2D eigenvalue weighted by Gasteiger charge is 2.25. The van der Waals surface area contributed by atoms with Crippen molar-refractivity contribution in [3.8, 4) is 5.69 Å². The van der Waals surface area contributed by atoms with Crippen LogP contribution in [0.1, 0.15) is 44.5 Å². The topological polar surface area (TPSA) is 60.1 Å². The first-order valence-corrected chi connectivity index (χ1v) is 11.3. The zero-order valence-electron chi connectivity index (χ0n) is 19.0. The van der Waals surface area contributed by atoms with Gasteiger partial charge < -0.3 is 9.47 Å². The van der Waals surface area contributed by atoms with Crippen molar-refractivity contribution in [3.05, 3.63) is 58.3 Å². The molecule has 0 radical (unpaired) electrons. The Bertz CT molecular complexity index is 1140. The number of carbonyl (C=O) groups excluding carboxylic acids is 1. The predicted octanol–water partition coefficient (Wildman–Crippen LogP) is 4.09. The summed E-state index contributed by atoms with van der Waals surface area (Å²) in [6, 6.07) is 9.49. The van der Waals surface area contributed by atoms with Crippen molar-refractivity contribution in [1.29, 1.82) is 0 Å². The van der Waals surface area contributed by atoms with Crippen LogP contribution in [0.4, 0.5) is 0 Å². The van der Waals surface area contributed by atoms with Gasteiger partial charge in [0.05, 0.1) is 17.3 Å². The summed E-state index contributed by atoms with van der Waals surface area (Å²) in [6.45, 7) is 10.9. The molecule has 1 aliphatic heterocycles. The van der Waals surface area contributed by atoms with Crippen LogP contribution in [0.2, 0.25) is 0 Å². The molecular formula is C25H32N4O2. The van der Waals surface area contributed by atoms with Crippen molar-refractivity contribution >= 4 is 16.7 Å². The van der Waals surface area contributed by atoms with Gasteiger partial charge in [0.15, 0.2) is 0 Å². The first-order valence-electron chi connectivity index (χ1n) is 11.3. The second-order valence-electron chi connectivity index (χ2n) is 9.16. The fourth-order valence-electron chi connectivity index (χ4n) is 5.11. The lowest BCUT2D eigenvalue weighted by molar-refractivity contribution is -0.134. The lowest BCUT2D eigenvalue weighted by Gasteiger charge is -2.35. The van der Waals surface area contributed by atoms with E-state index in [0.717, 1.165) is 48.5 Å². The van der Waals surface area contributed by atoms with E-state index in [-0.39, 0.29) is 11.5 Å². The average molecular weight is 421 g/mol. The monoisotopic (exact) mass is 420 g/mol. The molecule has 3 aromatic rings. The van der Waals surface area contributed by atoms with E-state index in [1.807, 2.05) is 49.1 Å². The van der Waals surface area contributed by atoms with Crippen LogP contribution in [0, 0.1) is 25.7 Å². The first-order chi connectivity index (χ1) is 14.9. The van der Waals surface area contributed by atoms with Gasteiger partial charge in [-0.25, -0.2) is 0 Å². The van der Waals surface area contributed by atoms with Gasteiger partial charge in [0.25, 0.3) is 5.56 Å². The molecule has 1 saturated heterocycles. The van der Waals surface area contributed by atoms with E-state index in [0.29, 0.717) is 23.6 Å². The van der Waals surface area contributed by atoms with Crippen LogP contribution >= 0.6 is 0 Å². The minimum Gasteiger partial charge on any atom is -0.348 e. The van der Waals surface area contributed by atoms with E-state index >= 15 is 0 Å². The Kier molecular flexibility index (Phi) is 5.99. The number of amides is 1. The largest absolute Gasteiger partial charge is 0.348 e. The third-order valence-corrected chi connectivity index (χ3v) is 6.53. The molecule has 1 fully saturated rings. The number of hydrogen-bond acceptors (Lipinski definition) is 3. The molecule has 3 heterocycles. The van der Waals surface area contributed by atoms with Crippen LogP contribution in [0.15, 0.2) is 41.3 Å². The number of hydrogen-bond donors (Lipinski definition) is 0. The molecular weight excluding hydrogens is 388 g/mol. The van der Waals surface area contributed by atoms with Crippen LogP contribution in [0.5, 0.6) is 0 Å².